The summed E-state index contributed by atoms with van der Waals surface area (Å²) in [4.78, 5) is 10.6. The monoisotopic (exact) mass is 196 g/mol. The summed E-state index contributed by atoms with van der Waals surface area (Å²) < 4.78 is 24.5. The van der Waals surface area contributed by atoms with Crippen molar-refractivity contribution in [1.29, 1.82) is 0 Å². The predicted molar refractivity (Wildman–Crippen MR) is 39.4 cm³/mol. The van der Waals surface area contributed by atoms with Gasteiger partial charge < -0.3 is 5.01 Å². The van der Waals surface area contributed by atoms with Gasteiger partial charge in [0.05, 0.1) is 0 Å². The van der Waals surface area contributed by atoms with E-state index in [2.05, 4.69) is 0 Å². The van der Waals surface area contributed by atoms with Gasteiger partial charge in [0.25, 0.3) is 0 Å². The van der Waals surface area contributed by atoms with Gasteiger partial charge in [0, 0.05) is 13.2 Å². The summed E-state index contributed by atoms with van der Waals surface area (Å²) >= 11 is 5.10. The lowest BCUT2D eigenvalue weighted by molar-refractivity contribution is -0.146. The number of alkyl halides is 2. The first-order valence-electron chi connectivity index (χ1n) is 3.21. The van der Waals surface area contributed by atoms with Gasteiger partial charge in [-0.2, -0.15) is 8.78 Å². The molecule has 0 aromatic rings. The Morgan fingerprint density at radius 3 is 2.58 bits per heavy atom. The zero-order valence-corrected chi connectivity index (χ0v) is 7.00. The molecular weight excluding hydrogens is 190 g/mol. The molecular formula is C6H7ClF2N2O. The van der Waals surface area contributed by atoms with Crippen LogP contribution >= 0.6 is 11.6 Å². The maximum atomic E-state index is 12.2. The van der Waals surface area contributed by atoms with Crippen molar-refractivity contribution in [2.75, 3.05) is 7.05 Å². The van der Waals surface area contributed by atoms with E-state index in [4.69, 9.17) is 11.6 Å². The Morgan fingerprint density at radius 2 is 2.25 bits per heavy atom. The lowest BCUT2D eigenvalue weighted by Gasteiger charge is -2.27. The van der Waals surface area contributed by atoms with Crippen molar-refractivity contribution >= 4 is 16.8 Å². The fourth-order valence-corrected chi connectivity index (χ4v) is 1.18. The van der Waals surface area contributed by atoms with Gasteiger partial charge in [0.15, 0.2) is 0 Å². The fraction of sp³-hybridized carbons (Fsp3) is 0.500. The Hall–Kier alpha value is -0.680. The van der Waals surface area contributed by atoms with Gasteiger partial charge in [0.2, 0.25) is 5.24 Å². The molecule has 1 unspecified atom stereocenters. The second-order valence-electron chi connectivity index (χ2n) is 2.32. The Kier molecular flexibility index (Phi) is 2.64. The summed E-state index contributed by atoms with van der Waals surface area (Å²) in [6.07, 6.45) is 2.69. The van der Waals surface area contributed by atoms with Crippen molar-refractivity contribution in [2.24, 2.45) is 0 Å². The van der Waals surface area contributed by atoms with Crippen LogP contribution in [-0.4, -0.2) is 34.9 Å². The Balaban J connectivity index is 2.76. The van der Waals surface area contributed by atoms with Crippen LogP contribution in [0.3, 0.4) is 0 Å². The first kappa shape index (κ1) is 9.41. The number of hydrazine groups is 1. The Labute approximate surface area is 73.2 Å². The van der Waals surface area contributed by atoms with Gasteiger partial charge >= 0.3 is 6.55 Å². The van der Waals surface area contributed by atoms with Crippen LogP contribution in [0, 0.1) is 0 Å². The number of hydrogen-bond acceptors (Lipinski definition) is 3. The Morgan fingerprint density at radius 1 is 1.67 bits per heavy atom. The highest BCUT2D eigenvalue weighted by Crippen LogP contribution is 2.20. The predicted octanol–water partition coefficient (Wildman–Crippen LogP) is 1.02. The number of hydrogen-bond donors (Lipinski definition) is 0. The average molecular weight is 197 g/mol. The van der Waals surface area contributed by atoms with Gasteiger partial charge in [-0.25, -0.2) is 0 Å². The molecule has 0 fully saturated rings. The highest BCUT2D eigenvalue weighted by atomic mass is 35.5. The molecule has 0 aliphatic carbocycles. The highest BCUT2D eigenvalue weighted by Gasteiger charge is 2.34. The van der Waals surface area contributed by atoms with Crippen LogP contribution in [-0.2, 0) is 4.79 Å². The molecule has 0 saturated heterocycles. The van der Waals surface area contributed by atoms with Crippen LogP contribution in [0.15, 0.2) is 12.3 Å². The lowest BCUT2D eigenvalue weighted by Crippen LogP contribution is -2.44. The molecule has 0 aromatic heterocycles. The van der Waals surface area contributed by atoms with Crippen molar-refractivity contribution < 1.29 is 13.6 Å². The fourth-order valence-electron chi connectivity index (χ4n) is 1.01. The highest BCUT2D eigenvalue weighted by molar-refractivity contribution is 6.65. The molecule has 12 heavy (non-hydrogen) atoms. The summed E-state index contributed by atoms with van der Waals surface area (Å²) in [5, 5.41) is 0.918. The number of halogens is 3. The van der Waals surface area contributed by atoms with Crippen molar-refractivity contribution in [1.82, 2.24) is 10.0 Å². The lowest BCUT2D eigenvalue weighted by atomic mass is 10.3. The third-order valence-corrected chi connectivity index (χ3v) is 1.79. The van der Waals surface area contributed by atoms with Crippen molar-refractivity contribution in [3.05, 3.63) is 12.3 Å². The van der Waals surface area contributed by atoms with E-state index < -0.39 is 17.8 Å². The maximum absolute atomic E-state index is 12.2. The standard InChI is InChI=1S/C6H7ClF2N2O/c1-10-3-2-4(5(7)12)11(10)6(8)9/h2-4,6H,1H3. The third kappa shape index (κ3) is 1.56. The first-order chi connectivity index (χ1) is 5.54. The first-order valence-corrected chi connectivity index (χ1v) is 3.58. The van der Waals surface area contributed by atoms with Crippen molar-refractivity contribution in [2.45, 2.75) is 12.6 Å². The van der Waals surface area contributed by atoms with Crippen LogP contribution in [0.2, 0.25) is 0 Å². The smallest absolute Gasteiger partial charge is 0.311 e. The van der Waals surface area contributed by atoms with Gasteiger partial charge in [-0.1, -0.05) is 0 Å². The molecule has 0 bridgehead atoms. The van der Waals surface area contributed by atoms with Crippen molar-refractivity contribution in [3.8, 4) is 0 Å². The molecule has 3 nitrogen and oxygen atoms in total. The second-order valence-corrected chi connectivity index (χ2v) is 2.69. The quantitative estimate of drug-likeness (QED) is 0.487. The maximum Gasteiger partial charge on any atom is 0.311 e. The molecule has 1 aliphatic rings. The van der Waals surface area contributed by atoms with E-state index in [1.807, 2.05) is 0 Å². The number of nitrogens with zero attached hydrogens (tertiary/aromatic N) is 2. The van der Waals surface area contributed by atoms with Crippen LogP contribution in [0.4, 0.5) is 8.78 Å². The molecule has 0 saturated carbocycles. The molecule has 0 aromatic carbocycles. The number of carbonyl (C=O) groups excluding carboxylic acids is 1. The van der Waals surface area contributed by atoms with E-state index in [1.54, 1.807) is 0 Å². The van der Waals surface area contributed by atoms with Crippen LogP contribution in [0.1, 0.15) is 0 Å². The molecule has 6 heteroatoms. The SMILES string of the molecule is CN1C=CC(C(=O)Cl)N1C(F)F. The molecule has 1 heterocycles. The van der Waals surface area contributed by atoms with E-state index in [1.165, 1.54) is 19.3 Å². The van der Waals surface area contributed by atoms with E-state index in [0.29, 0.717) is 5.01 Å². The van der Waals surface area contributed by atoms with Crippen molar-refractivity contribution in [3.63, 3.8) is 0 Å². The minimum absolute atomic E-state index is 0.593. The molecule has 1 rings (SSSR count). The summed E-state index contributed by atoms with van der Waals surface area (Å²) in [5.74, 6) is 0. The molecule has 68 valence electrons. The number of rotatable bonds is 2. The summed E-state index contributed by atoms with van der Waals surface area (Å²) in [6, 6.07) is -1.04. The Bertz CT molecular complexity index is 222. The van der Waals surface area contributed by atoms with Gasteiger partial charge in [0.1, 0.15) is 6.04 Å². The zero-order chi connectivity index (χ0) is 9.30. The average Bonchev–Trinajstić information content (AvgIpc) is 2.30. The third-order valence-electron chi connectivity index (χ3n) is 1.57. The molecule has 0 radical (unpaired) electrons. The molecule has 0 amide bonds. The molecule has 1 atom stereocenters. The van der Waals surface area contributed by atoms with Crippen LogP contribution in [0.25, 0.3) is 0 Å². The van der Waals surface area contributed by atoms with E-state index >= 15 is 0 Å². The van der Waals surface area contributed by atoms with Gasteiger partial charge in [-0.05, 0) is 17.7 Å². The van der Waals surface area contributed by atoms with E-state index in [-0.39, 0.29) is 0 Å². The minimum Gasteiger partial charge on any atom is -0.311 e. The topological polar surface area (TPSA) is 23.6 Å². The van der Waals surface area contributed by atoms with Gasteiger partial charge in [-0.15, -0.1) is 5.01 Å². The normalized spacial score (nSPS) is 24.1. The largest absolute Gasteiger partial charge is 0.311 e. The van der Waals surface area contributed by atoms with Gasteiger partial charge in [-0.3, -0.25) is 4.79 Å². The van der Waals surface area contributed by atoms with Crippen LogP contribution in [0.5, 0.6) is 0 Å². The number of carbonyl (C=O) groups is 1. The second kappa shape index (κ2) is 3.37. The summed E-state index contributed by atoms with van der Waals surface area (Å²) in [6.45, 7) is -2.72. The van der Waals surface area contributed by atoms with E-state index in [0.717, 1.165) is 5.01 Å². The molecule has 0 N–H and O–H groups in total. The minimum atomic E-state index is -2.72. The zero-order valence-electron chi connectivity index (χ0n) is 6.25. The van der Waals surface area contributed by atoms with E-state index in [9.17, 15) is 13.6 Å². The molecule has 1 aliphatic heterocycles. The van der Waals surface area contributed by atoms with Crippen LogP contribution < -0.4 is 0 Å². The molecule has 0 spiro atoms. The summed E-state index contributed by atoms with van der Waals surface area (Å²) in [5.41, 5.74) is 0. The summed E-state index contributed by atoms with van der Waals surface area (Å²) in [7, 11) is 1.42.